The Kier molecular flexibility index (Phi) is 8.85. The molecule has 0 bridgehead atoms. The van der Waals surface area contributed by atoms with Gasteiger partial charge in [-0.05, 0) is 124 Å². The van der Waals surface area contributed by atoms with Gasteiger partial charge in [0.15, 0.2) is 0 Å². The summed E-state index contributed by atoms with van der Waals surface area (Å²) in [6, 6.07) is 92.4. The van der Waals surface area contributed by atoms with Crippen molar-refractivity contribution < 1.29 is 0 Å². The number of nitrogens with zero attached hydrogens (tertiary/aromatic N) is 1. The fraction of sp³-hybridized carbons (Fsp3) is 0.0606. The number of hydrogen-bond donors (Lipinski definition) is 0. The van der Waals surface area contributed by atoms with E-state index < -0.39 is 5.41 Å². The van der Waals surface area contributed by atoms with Crippen LogP contribution >= 0.6 is 0 Å². The monoisotopic (exact) mass is 853 g/mol. The van der Waals surface area contributed by atoms with Crippen LogP contribution in [0.1, 0.15) is 47.2 Å². The molecule has 13 rings (SSSR count). The summed E-state index contributed by atoms with van der Waals surface area (Å²) in [5.74, 6) is 0. The van der Waals surface area contributed by atoms with E-state index in [1.807, 2.05) is 0 Å². The van der Waals surface area contributed by atoms with Crippen molar-refractivity contribution in [2.24, 2.45) is 0 Å². The van der Waals surface area contributed by atoms with E-state index >= 15 is 0 Å². The molecule has 0 atom stereocenters. The number of hydrogen-bond acceptors (Lipinski definition) is 1. The summed E-state index contributed by atoms with van der Waals surface area (Å²) in [5, 5.41) is 5.06. The lowest BCUT2D eigenvalue weighted by atomic mass is 9.67. The fourth-order valence-corrected chi connectivity index (χ4v) is 12.0. The molecule has 2 aliphatic rings. The molecule has 0 unspecified atom stereocenters. The normalized spacial score (nSPS) is 13.8. The lowest BCUT2D eigenvalue weighted by Gasteiger charge is -2.34. The quantitative estimate of drug-likeness (QED) is 0.154. The van der Waals surface area contributed by atoms with Gasteiger partial charge in [0.05, 0.1) is 11.1 Å². The predicted molar refractivity (Wildman–Crippen MR) is 282 cm³/mol. The van der Waals surface area contributed by atoms with Gasteiger partial charge in [-0.3, -0.25) is 0 Å². The average Bonchev–Trinajstić information content (AvgIpc) is 3.83. The van der Waals surface area contributed by atoms with Gasteiger partial charge in [-0.2, -0.15) is 0 Å². The molecule has 2 aliphatic carbocycles. The van der Waals surface area contributed by atoms with Crippen LogP contribution in [0.25, 0.3) is 66.1 Å². The van der Waals surface area contributed by atoms with Crippen LogP contribution in [0.2, 0.25) is 0 Å². The van der Waals surface area contributed by atoms with Gasteiger partial charge >= 0.3 is 0 Å². The van der Waals surface area contributed by atoms with Gasteiger partial charge in [-0.15, -0.1) is 0 Å². The maximum atomic E-state index is 2.50. The van der Waals surface area contributed by atoms with Crippen molar-refractivity contribution in [1.29, 1.82) is 0 Å². The number of fused-ring (bicyclic) bond motifs is 9. The standard InChI is InChI=1S/C66H47N/c1-65(2)58-32-15-13-28-56(58)63-61(43-47-20-10-12-27-55(47)64(63)65)67(50-39-35-45(36-40-50)53-30-17-21-44-19-9-11-26-52(44)53)51-41-37-46(38-42-51)54-31-18-34-60-62(54)57-29-14-16-33-59(57)66(60,48-22-5-3-6-23-48)49-24-7-4-8-25-49/h3-43H,1-2H3. The first-order valence-electron chi connectivity index (χ1n) is 23.5. The molecule has 11 aromatic rings. The number of rotatable bonds is 7. The molecule has 11 aromatic carbocycles. The highest BCUT2D eigenvalue weighted by Crippen LogP contribution is 2.59. The molecule has 0 fully saturated rings. The van der Waals surface area contributed by atoms with Crippen molar-refractivity contribution in [3.8, 4) is 44.5 Å². The van der Waals surface area contributed by atoms with Crippen molar-refractivity contribution >= 4 is 38.6 Å². The smallest absolute Gasteiger partial charge is 0.0713 e. The zero-order chi connectivity index (χ0) is 44.7. The Hall–Kier alpha value is -8.26. The highest BCUT2D eigenvalue weighted by molar-refractivity contribution is 6.06. The minimum Gasteiger partial charge on any atom is -0.310 e. The van der Waals surface area contributed by atoms with Gasteiger partial charge in [0, 0.05) is 22.4 Å². The van der Waals surface area contributed by atoms with E-state index in [0.29, 0.717) is 0 Å². The summed E-state index contributed by atoms with van der Waals surface area (Å²) in [6.45, 7) is 4.79. The molecule has 1 nitrogen and oxygen atoms in total. The van der Waals surface area contributed by atoms with E-state index in [4.69, 9.17) is 0 Å². The first kappa shape index (κ1) is 39.1. The van der Waals surface area contributed by atoms with Gasteiger partial charge in [0.1, 0.15) is 0 Å². The summed E-state index contributed by atoms with van der Waals surface area (Å²) < 4.78 is 0. The Balaban J connectivity index is 1.01. The van der Waals surface area contributed by atoms with Crippen molar-refractivity contribution in [2.45, 2.75) is 24.7 Å². The maximum Gasteiger partial charge on any atom is 0.0713 e. The second-order valence-corrected chi connectivity index (χ2v) is 18.7. The van der Waals surface area contributed by atoms with Crippen LogP contribution in [0.3, 0.4) is 0 Å². The minimum absolute atomic E-state index is 0.187. The molecular formula is C66H47N. The lowest BCUT2D eigenvalue weighted by molar-refractivity contribution is 0.666. The van der Waals surface area contributed by atoms with E-state index in [-0.39, 0.29) is 5.41 Å². The van der Waals surface area contributed by atoms with E-state index in [1.54, 1.807) is 0 Å². The number of anilines is 3. The van der Waals surface area contributed by atoms with E-state index in [2.05, 4.69) is 267 Å². The van der Waals surface area contributed by atoms with E-state index in [9.17, 15) is 0 Å². The van der Waals surface area contributed by atoms with E-state index in [0.717, 1.165) is 11.4 Å². The summed E-state index contributed by atoms with van der Waals surface area (Å²) >= 11 is 0. The summed E-state index contributed by atoms with van der Waals surface area (Å²) in [4.78, 5) is 2.50. The van der Waals surface area contributed by atoms with Gasteiger partial charge in [-0.1, -0.05) is 232 Å². The van der Waals surface area contributed by atoms with Gasteiger partial charge in [0.25, 0.3) is 0 Å². The Bertz CT molecular complexity index is 3650. The second-order valence-electron chi connectivity index (χ2n) is 18.7. The Morgan fingerprint density at radius 3 is 1.46 bits per heavy atom. The first-order chi connectivity index (χ1) is 33.0. The Morgan fingerprint density at radius 1 is 0.328 bits per heavy atom. The molecule has 67 heavy (non-hydrogen) atoms. The van der Waals surface area contributed by atoms with Crippen LogP contribution in [0.15, 0.2) is 249 Å². The van der Waals surface area contributed by atoms with Gasteiger partial charge < -0.3 is 4.90 Å². The predicted octanol–water partition coefficient (Wildman–Crippen LogP) is 17.5. The number of benzene rings is 11. The highest BCUT2D eigenvalue weighted by Gasteiger charge is 2.47. The zero-order valence-corrected chi connectivity index (χ0v) is 37.6. The molecule has 0 spiro atoms. The molecule has 0 amide bonds. The average molecular weight is 854 g/mol. The molecular weight excluding hydrogens is 807 g/mol. The second kappa shape index (κ2) is 15.2. The van der Waals surface area contributed by atoms with Crippen LogP contribution < -0.4 is 4.90 Å². The van der Waals surface area contributed by atoms with Crippen molar-refractivity contribution in [3.05, 3.63) is 282 Å². The highest BCUT2D eigenvalue weighted by atomic mass is 15.1. The molecule has 0 N–H and O–H groups in total. The summed E-state index contributed by atoms with van der Waals surface area (Å²) in [6.07, 6.45) is 0. The van der Waals surface area contributed by atoms with Crippen molar-refractivity contribution in [3.63, 3.8) is 0 Å². The molecule has 0 radical (unpaired) electrons. The third kappa shape index (κ3) is 5.81. The first-order valence-corrected chi connectivity index (χ1v) is 23.5. The van der Waals surface area contributed by atoms with Crippen molar-refractivity contribution in [1.82, 2.24) is 0 Å². The van der Waals surface area contributed by atoms with Crippen molar-refractivity contribution in [2.75, 3.05) is 4.90 Å². The molecule has 0 aliphatic heterocycles. The van der Waals surface area contributed by atoms with Crippen LogP contribution in [0, 0.1) is 0 Å². The van der Waals surface area contributed by atoms with Crippen LogP contribution in [0.5, 0.6) is 0 Å². The lowest BCUT2D eigenvalue weighted by Crippen LogP contribution is -2.28. The molecule has 0 aromatic heterocycles. The summed E-state index contributed by atoms with van der Waals surface area (Å²) in [5.41, 5.74) is 20.7. The molecule has 0 heterocycles. The topological polar surface area (TPSA) is 3.24 Å². The maximum absolute atomic E-state index is 2.50. The fourth-order valence-electron chi connectivity index (χ4n) is 12.0. The molecule has 316 valence electrons. The third-order valence-electron chi connectivity index (χ3n) is 14.9. The summed E-state index contributed by atoms with van der Waals surface area (Å²) in [7, 11) is 0. The Labute approximate surface area is 392 Å². The largest absolute Gasteiger partial charge is 0.310 e. The minimum atomic E-state index is -0.458. The molecule has 0 saturated heterocycles. The van der Waals surface area contributed by atoms with Gasteiger partial charge in [0.2, 0.25) is 0 Å². The SMILES string of the molecule is CC1(C)c2ccccc2-c2c(N(c3ccc(-c4cccc5c4-c4ccccc4C5(c4ccccc4)c4ccccc4)cc3)c3ccc(-c4cccc5ccccc45)cc3)cc3ccccc3c21. The van der Waals surface area contributed by atoms with Crippen LogP contribution in [-0.4, -0.2) is 0 Å². The van der Waals surface area contributed by atoms with Crippen LogP contribution in [0.4, 0.5) is 17.1 Å². The molecule has 1 heteroatoms. The Morgan fingerprint density at radius 2 is 0.791 bits per heavy atom. The van der Waals surface area contributed by atoms with Gasteiger partial charge in [-0.25, -0.2) is 0 Å². The third-order valence-corrected chi connectivity index (χ3v) is 14.9. The van der Waals surface area contributed by atoms with E-state index in [1.165, 1.54) is 105 Å². The zero-order valence-electron chi connectivity index (χ0n) is 37.6. The van der Waals surface area contributed by atoms with Crippen LogP contribution in [-0.2, 0) is 10.8 Å². The molecule has 0 saturated carbocycles.